The molecule has 0 aliphatic rings. The molecule has 0 spiro atoms. The Hall–Kier alpha value is -4.23. The van der Waals surface area contributed by atoms with Gasteiger partial charge in [-0.15, -0.1) is 0 Å². The number of thioether (sulfide) groups is 1. The molecule has 4 aromatic rings. The van der Waals surface area contributed by atoms with Crippen LogP contribution < -0.4 is 10.0 Å². The predicted molar refractivity (Wildman–Crippen MR) is 160 cm³/mol. The number of urea groups is 1. The highest BCUT2D eigenvalue weighted by Crippen LogP contribution is 2.33. The van der Waals surface area contributed by atoms with Gasteiger partial charge in [-0.1, -0.05) is 86.6 Å². The zero-order valence-electron chi connectivity index (χ0n) is 23.3. The van der Waals surface area contributed by atoms with Gasteiger partial charge in [0.05, 0.1) is 4.90 Å². The molecule has 1 unspecified atom stereocenters. The third-order valence-corrected chi connectivity index (χ3v) is 8.80. The summed E-state index contributed by atoms with van der Waals surface area (Å²) in [6.45, 7) is 3.94. The number of nitrogens with zero attached hydrogens (tertiary/aromatic N) is 2. The minimum absolute atomic E-state index is 0.0570. The monoisotopic (exact) mass is 628 g/mol. The lowest BCUT2D eigenvalue weighted by Gasteiger charge is -2.15. The van der Waals surface area contributed by atoms with E-state index >= 15 is 0 Å². The van der Waals surface area contributed by atoms with Crippen LogP contribution in [0.5, 0.6) is 0 Å². The summed E-state index contributed by atoms with van der Waals surface area (Å²) in [5, 5.41) is 12.1. The molecule has 4 rings (SSSR count). The van der Waals surface area contributed by atoms with Gasteiger partial charge in [-0.05, 0) is 40.9 Å². The molecule has 0 saturated heterocycles. The van der Waals surface area contributed by atoms with Gasteiger partial charge in [-0.2, -0.15) is 8.78 Å². The van der Waals surface area contributed by atoms with Gasteiger partial charge in [0.1, 0.15) is 10.9 Å². The van der Waals surface area contributed by atoms with Crippen LogP contribution in [0.2, 0.25) is 0 Å². The number of nitrogens with one attached hydrogen (secondary N) is 2. The number of rotatable bonds is 12. The van der Waals surface area contributed by atoms with Crippen LogP contribution in [0.15, 0.2) is 88.8 Å². The normalized spacial score (nSPS) is 12.2. The minimum atomic E-state index is -4.25. The molecule has 1 aromatic heterocycles. The Morgan fingerprint density at radius 2 is 1.63 bits per heavy atom. The highest BCUT2D eigenvalue weighted by molar-refractivity contribution is 7.99. The maximum absolute atomic E-state index is 13.2. The first-order valence-electron chi connectivity index (χ1n) is 13.3. The van der Waals surface area contributed by atoms with Crippen molar-refractivity contribution < 1.29 is 31.9 Å². The summed E-state index contributed by atoms with van der Waals surface area (Å²) >= 11 is 0.0989. The van der Waals surface area contributed by atoms with Crippen molar-refractivity contribution in [3.63, 3.8) is 0 Å². The van der Waals surface area contributed by atoms with Crippen LogP contribution in [0, 0.1) is 0 Å². The first kappa shape index (κ1) is 31.7. The highest BCUT2D eigenvalue weighted by Gasteiger charge is 2.27. The summed E-state index contributed by atoms with van der Waals surface area (Å²) in [5.41, 5.74) is 2.04. The molecule has 3 aromatic carbocycles. The summed E-state index contributed by atoms with van der Waals surface area (Å²) in [4.78, 5) is 28.7. The Morgan fingerprint density at radius 1 is 0.977 bits per heavy atom. The lowest BCUT2D eigenvalue weighted by Crippen LogP contribution is -2.39. The second kappa shape index (κ2) is 13.8. The van der Waals surface area contributed by atoms with Crippen molar-refractivity contribution in [2.75, 3.05) is 0 Å². The first-order valence-corrected chi connectivity index (χ1v) is 15.7. The van der Waals surface area contributed by atoms with Crippen molar-refractivity contribution in [1.82, 2.24) is 19.6 Å². The zero-order valence-corrected chi connectivity index (χ0v) is 25.0. The number of aromatic carboxylic acids is 1. The molecule has 2 amide bonds. The molecule has 0 aliphatic carbocycles. The number of carbonyl (C=O) groups excluding carboxylic acids is 1. The lowest BCUT2D eigenvalue weighted by atomic mass is 10.0. The minimum Gasteiger partial charge on any atom is -0.476 e. The smallest absolute Gasteiger partial charge is 0.355 e. The Bertz CT molecular complexity index is 1700. The third-order valence-electron chi connectivity index (χ3n) is 6.73. The van der Waals surface area contributed by atoms with Gasteiger partial charge in [0, 0.05) is 24.6 Å². The van der Waals surface area contributed by atoms with Crippen molar-refractivity contribution in [1.29, 1.82) is 0 Å². The molecule has 3 N–H and O–H groups in total. The Labute approximate surface area is 252 Å². The van der Waals surface area contributed by atoms with Crippen LogP contribution in [0.25, 0.3) is 11.1 Å². The number of halogens is 2. The molecule has 0 fully saturated rings. The van der Waals surface area contributed by atoms with Gasteiger partial charge >= 0.3 is 12.0 Å². The first-order chi connectivity index (χ1) is 20.5. The molecule has 1 heterocycles. The van der Waals surface area contributed by atoms with E-state index in [4.69, 9.17) is 0 Å². The van der Waals surface area contributed by atoms with Crippen LogP contribution in [-0.4, -0.2) is 40.8 Å². The van der Waals surface area contributed by atoms with Crippen molar-refractivity contribution in [2.45, 2.75) is 55.0 Å². The van der Waals surface area contributed by atoms with E-state index in [-0.39, 0.29) is 46.4 Å². The number of imidazole rings is 1. The molecular formula is C30H30F2N4O5S2. The quantitative estimate of drug-likeness (QED) is 0.157. The number of benzene rings is 3. The van der Waals surface area contributed by atoms with E-state index in [9.17, 15) is 31.9 Å². The number of sulfonamides is 1. The molecule has 0 bridgehead atoms. The third kappa shape index (κ3) is 7.79. The molecule has 0 radical (unpaired) electrons. The van der Waals surface area contributed by atoms with E-state index in [0.29, 0.717) is 28.9 Å². The topological polar surface area (TPSA) is 130 Å². The fourth-order valence-electron chi connectivity index (χ4n) is 4.44. The molecule has 0 aliphatic heterocycles. The standard InChI is InChI=1S/C30H30F2N4O5S2/c1-3-19(2)26-34-27(42-29(31)32)25(28(37)38)36(26)18-21-13-15-22(16-14-21)23-11-7-8-12-24(23)43(40,41)35-30(39)33-17-20-9-5-4-6-10-20/h4-16,19,29H,3,17-18H2,1-2H3,(H,37,38)(H2,33,35,39). The van der Waals surface area contributed by atoms with Gasteiger partial charge in [0.15, 0.2) is 5.69 Å². The van der Waals surface area contributed by atoms with Gasteiger partial charge in [0.25, 0.3) is 15.8 Å². The van der Waals surface area contributed by atoms with E-state index in [1.165, 1.54) is 10.6 Å². The average molecular weight is 629 g/mol. The lowest BCUT2D eigenvalue weighted by molar-refractivity contribution is 0.0680. The maximum Gasteiger partial charge on any atom is 0.355 e. The number of carbonyl (C=O) groups is 2. The van der Waals surface area contributed by atoms with Gasteiger partial charge in [-0.3, -0.25) is 0 Å². The maximum atomic E-state index is 13.2. The molecular weight excluding hydrogens is 598 g/mol. The van der Waals surface area contributed by atoms with Crippen LogP contribution >= 0.6 is 11.8 Å². The highest BCUT2D eigenvalue weighted by atomic mass is 32.2. The summed E-state index contributed by atoms with van der Waals surface area (Å²) in [7, 11) is -4.25. The summed E-state index contributed by atoms with van der Waals surface area (Å²) in [6, 6.07) is 21.1. The van der Waals surface area contributed by atoms with E-state index in [2.05, 4.69) is 15.0 Å². The molecule has 9 nitrogen and oxygen atoms in total. The van der Waals surface area contributed by atoms with Crippen LogP contribution in [0.3, 0.4) is 0 Å². The zero-order chi connectivity index (χ0) is 31.1. The predicted octanol–water partition coefficient (Wildman–Crippen LogP) is 6.31. The Kier molecular flexibility index (Phi) is 10.2. The molecule has 0 saturated carbocycles. The molecule has 13 heteroatoms. The summed E-state index contributed by atoms with van der Waals surface area (Å²) in [6.07, 6.45) is 0.622. The number of alkyl halides is 2. The summed E-state index contributed by atoms with van der Waals surface area (Å²) in [5.74, 6) is -3.98. The van der Waals surface area contributed by atoms with Crippen LogP contribution in [-0.2, 0) is 23.1 Å². The number of carboxylic acids is 1. The molecule has 1 atom stereocenters. The van der Waals surface area contributed by atoms with Crippen LogP contribution in [0.1, 0.15) is 53.6 Å². The second-order valence-corrected chi connectivity index (χ2v) is 12.3. The van der Waals surface area contributed by atoms with E-state index in [0.717, 1.165) is 5.56 Å². The van der Waals surface area contributed by atoms with Gasteiger partial charge in [0.2, 0.25) is 0 Å². The van der Waals surface area contributed by atoms with Crippen molar-refractivity contribution >= 4 is 33.8 Å². The summed E-state index contributed by atoms with van der Waals surface area (Å²) < 4.78 is 56.2. The average Bonchev–Trinajstić information content (AvgIpc) is 3.33. The fourth-order valence-corrected chi connectivity index (χ4v) is 6.23. The van der Waals surface area contributed by atoms with Crippen molar-refractivity contribution in [2.24, 2.45) is 0 Å². The number of hydrogen-bond acceptors (Lipinski definition) is 6. The van der Waals surface area contributed by atoms with E-state index < -0.39 is 27.8 Å². The van der Waals surface area contributed by atoms with E-state index in [1.807, 2.05) is 32.0 Å². The number of hydrogen-bond donors (Lipinski definition) is 3. The Balaban J connectivity index is 1.58. The van der Waals surface area contributed by atoms with Crippen molar-refractivity contribution in [3.8, 4) is 11.1 Å². The van der Waals surface area contributed by atoms with E-state index in [1.54, 1.807) is 54.6 Å². The molecule has 226 valence electrons. The number of aromatic nitrogens is 2. The second-order valence-electron chi connectivity index (χ2n) is 9.67. The van der Waals surface area contributed by atoms with Gasteiger partial charge in [-0.25, -0.2) is 27.7 Å². The fraction of sp³-hybridized carbons (Fsp3) is 0.233. The Morgan fingerprint density at radius 3 is 2.26 bits per heavy atom. The largest absolute Gasteiger partial charge is 0.476 e. The SMILES string of the molecule is CCC(C)c1nc(SC(F)F)c(C(=O)O)n1Cc1ccc(-c2ccccc2S(=O)(=O)NC(=O)NCc2ccccc2)cc1. The number of amides is 2. The van der Waals surface area contributed by atoms with Gasteiger partial charge < -0.3 is 15.0 Å². The number of carboxylic acid groups (broad SMARTS) is 1. The van der Waals surface area contributed by atoms with Crippen molar-refractivity contribution in [3.05, 3.63) is 102 Å². The molecule has 43 heavy (non-hydrogen) atoms. The van der Waals surface area contributed by atoms with Crippen LogP contribution in [0.4, 0.5) is 13.6 Å².